The second-order valence-corrected chi connectivity index (χ2v) is 6.85. The molecule has 2 aliphatic heterocycles. The molecule has 2 rings (SSSR count). The van der Waals surface area contributed by atoms with E-state index < -0.39 is 0 Å². The lowest BCUT2D eigenvalue weighted by Crippen LogP contribution is -2.41. The van der Waals surface area contributed by atoms with Crippen LogP contribution < -0.4 is 0 Å². The summed E-state index contributed by atoms with van der Waals surface area (Å²) in [7, 11) is 0. The fourth-order valence-electron chi connectivity index (χ4n) is 3.37. The van der Waals surface area contributed by atoms with Gasteiger partial charge in [0.2, 0.25) is 0 Å². The van der Waals surface area contributed by atoms with E-state index in [0.29, 0.717) is 0 Å². The van der Waals surface area contributed by atoms with Gasteiger partial charge in [-0.15, -0.1) is 0 Å². The van der Waals surface area contributed by atoms with E-state index in [9.17, 15) is 0 Å². The molecule has 0 aromatic carbocycles. The first kappa shape index (κ1) is 14.7. The van der Waals surface area contributed by atoms with Gasteiger partial charge in [0, 0.05) is 19.1 Å². The lowest BCUT2D eigenvalue weighted by molar-refractivity contribution is 0.157. The minimum absolute atomic E-state index is 0.758. The summed E-state index contributed by atoms with van der Waals surface area (Å²) in [5, 5.41) is 0. The van der Waals surface area contributed by atoms with Crippen molar-refractivity contribution in [3.63, 3.8) is 0 Å². The average molecular weight is 270 g/mol. The van der Waals surface area contributed by atoms with Crippen molar-refractivity contribution in [3.05, 3.63) is 0 Å². The van der Waals surface area contributed by atoms with Crippen molar-refractivity contribution >= 4 is 12.6 Å². The molecule has 2 fully saturated rings. The van der Waals surface area contributed by atoms with Gasteiger partial charge in [0.25, 0.3) is 0 Å². The maximum Gasteiger partial charge on any atom is 0.0235 e. The lowest BCUT2D eigenvalue weighted by Gasteiger charge is -2.32. The van der Waals surface area contributed by atoms with E-state index >= 15 is 0 Å². The normalized spacial score (nSPS) is 29.0. The molecule has 2 heterocycles. The van der Waals surface area contributed by atoms with Gasteiger partial charge in [0.05, 0.1) is 0 Å². The molecule has 2 aliphatic rings. The number of rotatable bonds is 5. The molecule has 0 aromatic heterocycles. The van der Waals surface area contributed by atoms with Gasteiger partial charge in [-0.25, -0.2) is 0 Å². The molecule has 0 bridgehead atoms. The predicted octanol–water partition coefficient (Wildman–Crippen LogP) is 2.75. The summed E-state index contributed by atoms with van der Waals surface area (Å²) in [4.78, 5) is 5.43. The Balaban J connectivity index is 1.77. The number of piperidine rings is 1. The Morgan fingerprint density at radius 3 is 2.44 bits per heavy atom. The Labute approximate surface area is 119 Å². The molecule has 2 saturated heterocycles. The molecule has 106 valence electrons. The molecule has 0 amide bonds. The smallest absolute Gasteiger partial charge is 0.0235 e. The molecule has 0 spiro atoms. The first-order valence-electron chi connectivity index (χ1n) is 7.78. The zero-order chi connectivity index (χ0) is 13.0. The average Bonchev–Trinajstić information content (AvgIpc) is 2.85. The van der Waals surface area contributed by atoms with Gasteiger partial charge in [0.1, 0.15) is 0 Å². The van der Waals surface area contributed by atoms with Crippen LogP contribution in [0.25, 0.3) is 0 Å². The van der Waals surface area contributed by atoms with Crippen molar-refractivity contribution in [2.45, 2.75) is 45.6 Å². The number of hydrogen-bond acceptors (Lipinski definition) is 3. The maximum atomic E-state index is 4.51. The summed E-state index contributed by atoms with van der Waals surface area (Å²) in [6, 6.07) is 0.845. The van der Waals surface area contributed by atoms with Crippen molar-refractivity contribution in [1.82, 2.24) is 9.80 Å². The van der Waals surface area contributed by atoms with E-state index in [1.54, 1.807) is 0 Å². The molecule has 3 heteroatoms. The SMILES string of the molecule is CC(C)C(CS)CN1CCC(N2CCCCC2)C1. The molecule has 0 aromatic rings. The van der Waals surface area contributed by atoms with Gasteiger partial charge in [-0.1, -0.05) is 20.3 Å². The summed E-state index contributed by atoms with van der Waals surface area (Å²) in [5.41, 5.74) is 0. The largest absolute Gasteiger partial charge is 0.301 e. The number of likely N-dealkylation sites (tertiary alicyclic amines) is 2. The van der Waals surface area contributed by atoms with E-state index in [2.05, 4.69) is 36.3 Å². The van der Waals surface area contributed by atoms with Gasteiger partial charge >= 0.3 is 0 Å². The molecule has 0 aliphatic carbocycles. The highest BCUT2D eigenvalue weighted by Gasteiger charge is 2.29. The Kier molecular flexibility index (Phi) is 5.84. The van der Waals surface area contributed by atoms with E-state index in [1.165, 1.54) is 58.4 Å². The van der Waals surface area contributed by atoms with Crippen LogP contribution in [-0.4, -0.2) is 54.3 Å². The summed E-state index contributed by atoms with van der Waals surface area (Å²) in [6.07, 6.45) is 5.67. The summed E-state index contributed by atoms with van der Waals surface area (Å²) in [5.74, 6) is 2.55. The van der Waals surface area contributed by atoms with Gasteiger partial charge in [0.15, 0.2) is 0 Å². The highest BCUT2D eigenvalue weighted by atomic mass is 32.1. The van der Waals surface area contributed by atoms with Crippen molar-refractivity contribution in [2.24, 2.45) is 11.8 Å². The number of nitrogens with zero attached hydrogens (tertiary/aromatic N) is 2. The second-order valence-electron chi connectivity index (χ2n) is 6.49. The molecular formula is C15H30N2S. The van der Waals surface area contributed by atoms with Crippen LogP contribution in [0.15, 0.2) is 0 Å². The van der Waals surface area contributed by atoms with Gasteiger partial charge in [-0.05, 0) is 56.5 Å². The summed E-state index contributed by atoms with van der Waals surface area (Å²) >= 11 is 4.51. The van der Waals surface area contributed by atoms with Gasteiger partial charge < -0.3 is 4.90 Å². The molecule has 0 N–H and O–H groups in total. The van der Waals surface area contributed by atoms with E-state index in [4.69, 9.17) is 0 Å². The standard InChI is InChI=1S/C15H30N2S/c1-13(2)14(12-18)10-16-9-6-15(11-16)17-7-4-3-5-8-17/h13-15,18H,3-12H2,1-2H3. The minimum Gasteiger partial charge on any atom is -0.301 e. The molecule has 0 radical (unpaired) electrons. The Hall–Kier alpha value is 0.270. The van der Waals surface area contributed by atoms with Crippen LogP contribution in [0, 0.1) is 11.8 Å². The monoisotopic (exact) mass is 270 g/mol. The topological polar surface area (TPSA) is 6.48 Å². The third-order valence-electron chi connectivity index (χ3n) is 4.82. The first-order valence-corrected chi connectivity index (χ1v) is 8.41. The van der Waals surface area contributed by atoms with Gasteiger partial charge in [-0.3, -0.25) is 4.90 Å². The minimum atomic E-state index is 0.758. The van der Waals surface area contributed by atoms with E-state index in [0.717, 1.165) is 23.6 Å². The van der Waals surface area contributed by atoms with Crippen molar-refractivity contribution in [2.75, 3.05) is 38.5 Å². The van der Waals surface area contributed by atoms with E-state index in [1.807, 2.05) is 0 Å². The van der Waals surface area contributed by atoms with Crippen LogP contribution in [0.3, 0.4) is 0 Å². The number of hydrogen-bond donors (Lipinski definition) is 1. The molecular weight excluding hydrogens is 240 g/mol. The van der Waals surface area contributed by atoms with Crippen LogP contribution in [0.4, 0.5) is 0 Å². The zero-order valence-corrected chi connectivity index (χ0v) is 13.0. The van der Waals surface area contributed by atoms with Crippen LogP contribution in [0.5, 0.6) is 0 Å². The third kappa shape index (κ3) is 3.88. The predicted molar refractivity (Wildman–Crippen MR) is 82.5 cm³/mol. The maximum absolute atomic E-state index is 4.51. The molecule has 0 saturated carbocycles. The summed E-state index contributed by atoms with van der Waals surface area (Å²) in [6.45, 7) is 11.2. The van der Waals surface area contributed by atoms with Crippen molar-refractivity contribution < 1.29 is 0 Å². The second kappa shape index (κ2) is 7.16. The highest BCUT2D eigenvalue weighted by Crippen LogP contribution is 2.22. The third-order valence-corrected chi connectivity index (χ3v) is 5.29. The molecule has 2 unspecified atom stereocenters. The van der Waals surface area contributed by atoms with Crippen LogP contribution in [-0.2, 0) is 0 Å². The Morgan fingerprint density at radius 2 is 1.83 bits per heavy atom. The van der Waals surface area contributed by atoms with Crippen molar-refractivity contribution in [3.8, 4) is 0 Å². The number of thiol groups is 1. The highest BCUT2D eigenvalue weighted by molar-refractivity contribution is 7.80. The Morgan fingerprint density at radius 1 is 1.11 bits per heavy atom. The Bertz CT molecular complexity index is 239. The fraction of sp³-hybridized carbons (Fsp3) is 1.00. The van der Waals surface area contributed by atoms with Crippen LogP contribution >= 0.6 is 12.6 Å². The molecule has 18 heavy (non-hydrogen) atoms. The fourth-order valence-corrected chi connectivity index (χ4v) is 3.91. The first-order chi connectivity index (χ1) is 8.70. The van der Waals surface area contributed by atoms with Crippen LogP contribution in [0.2, 0.25) is 0 Å². The quantitative estimate of drug-likeness (QED) is 0.768. The zero-order valence-electron chi connectivity index (χ0n) is 12.1. The van der Waals surface area contributed by atoms with Crippen LogP contribution in [0.1, 0.15) is 39.5 Å². The molecule has 2 atom stereocenters. The van der Waals surface area contributed by atoms with Crippen molar-refractivity contribution in [1.29, 1.82) is 0 Å². The summed E-state index contributed by atoms with van der Waals surface area (Å²) < 4.78 is 0. The van der Waals surface area contributed by atoms with Gasteiger partial charge in [-0.2, -0.15) is 12.6 Å². The lowest BCUT2D eigenvalue weighted by atomic mass is 9.97. The van der Waals surface area contributed by atoms with E-state index in [-0.39, 0.29) is 0 Å². The molecule has 2 nitrogen and oxygen atoms in total.